The van der Waals surface area contributed by atoms with Gasteiger partial charge in [0.25, 0.3) is 16.4 Å². The van der Waals surface area contributed by atoms with Crippen molar-refractivity contribution in [2.45, 2.75) is 31.4 Å². The third kappa shape index (κ3) is 2.86. The lowest BCUT2D eigenvalue weighted by atomic mass is 10.1. The largest absolute Gasteiger partial charge is 0.488 e. The average molecular weight is 406 g/mol. The fourth-order valence-electron chi connectivity index (χ4n) is 3.39. The predicted octanol–water partition coefficient (Wildman–Crippen LogP) is -2.57. The zero-order valence-electron chi connectivity index (χ0n) is 15.2. The summed E-state index contributed by atoms with van der Waals surface area (Å²) in [6.45, 7) is 1.34. The topological polar surface area (TPSA) is 195 Å². The highest BCUT2D eigenvalue weighted by Crippen LogP contribution is 2.33. The summed E-state index contributed by atoms with van der Waals surface area (Å²) in [7, 11) is 0. The molecule has 1 aliphatic heterocycles. The highest BCUT2D eigenvalue weighted by molar-refractivity contribution is 5.70. The number of ether oxygens (including phenoxy) is 2. The van der Waals surface area contributed by atoms with Crippen molar-refractivity contribution in [1.29, 1.82) is 0 Å². The van der Waals surface area contributed by atoms with Crippen molar-refractivity contribution in [1.82, 2.24) is 19.5 Å². The second-order valence-electron chi connectivity index (χ2n) is 6.48. The number of fused-ring (bicyclic) bond motifs is 1. The fraction of sp³-hybridized carbons (Fsp3) is 0.438. The van der Waals surface area contributed by atoms with Gasteiger partial charge in [-0.25, -0.2) is 4.98 Å². The zero-order valence-corrected chi connectivity index (χ0v) is 15.2. The quantitative estimate of drug-likeness (QED) is 0.270. The van der Waals surface area contributed by atoms with E-state index >= 15 is 0 Å². The van der Waals surface area contributed by atoms with Crippen molar-refractivity contribution < 1.29 is 19.7 Å². The van der Waals surface area contributed by atoms with Gasteiger partial charge in [0.1, 0.15) is 17.9 Å². The molecule has 0 bridgehead atoms. The average Bonchev–Trinajstić information content (AvgIpc) is 3.25. The SMILES string of the molecule is CCOc1c(N[C@@H]2C(O)[C@H](n3cnc4c(=O)[nH]c(N)nc43)O[C@@H]2CO)c(=O)c1=O. The second kappa shape index (κ2) is 6.95. The van der Waals surface area contributed by atoms with Gasteiger partial charge in [-0.2, -0.15) is 4.98 Å². The van der Waals surface area contributed by atoms with E-state index in [-0.39, 0.29) is 35.2 Å². The van der Waals surface area contributed by atoms with Crippen molar-refractivity contribution in [3.05, 3.63) is 37.1 Å². The number of nitrogen functional groups attached to an aromatic ring is 1. The molecule has 1 saturated heterocycles. The molecule has 0 spiro atoms. The molecular weight excluding hydrogens is 388 g/mol. The minimum Gasteiger partial charge on any atom is -0.488 e. The first-order valence-corrected chi connectivity index (χ1v) is 8.76. The number of hydrogen-bond acceptors (Lipinski definition) is 11. The van der Waals surface area contributed by atoms with Gasteiger partial charge in [-0.1, -0.05) is 0 Å². The monoisotopic (exact) mass is 406 g/mol. The van der Waals surface area contributed by atoms with E-state index in [0.29, 0.717) is 0 Å². The third-order valence-electron chi connectivity index (χ3n) is 4.75. The molecule has 154 valence electrons. The molecule has 0 saturated carbocycles. The van der Waals surface area contributed by atoms with E-state index in [1.165, 1.54) is 10.9 Å². The van der Waals surface area contributed by atoms with Crippen LogP contribution in [0, 0.1) is 0 Å². The Morgan fingerprint density at radius 1 is 1.38 bits per heavy atom. The van der Waals surface area contributed by atoms with Crippen LogP contribution in [0.1, 0.15) is 13.2 Å². The van der Waals surface area contributed by atoms with Gasteiger partial charge in [0.15, 0.2) is 23.1 Å². The number of aromatic amines is 1. The van der Waals surface area contributed by atoms with E-state index in [1.54, 1.807) is 6.92 Å². The molecule has 0 aliphatic carbocycles. The van der Waals surface area contributed by atoms with Crippen LogP contribution in [0.25, 0.3) is 11.2 Å². The number of imidazole rings is 1. The zero-order chi connectivity index (χ0) is 20.9. The van der Waals surface area contributed by atoms with E-state index in [2.05, 4.69) is 20.3 Å². The normalized spacial score (nSPS) is 24.4. The number of aromatic nitrogens is 4. The number of nitrogens with two attached hydrogens (primary N) is 1. The van der Waals surface area contributed by atoms with E-state index in [1.807, 2.05) is 0 Å². The van der Waals surface area contributed by atoms with Crippen molar-refractivity contribution in [2.24, 2.45) is 0 Å². The van der Waals surface area contributed by atoms with E-state index in [4.69, 9.17) is 15.2 Å². The fourth-order valence-corrected chi connectivity index (χ4v) is 3.39. The van der Waals surface area contributed by atoms with Gasteiger partial charge in [-0.3, -0.25) is 23.9 Å². The smallest absolute Gasteiger partial charge is 0.280 e. The van der Waals surface area contributed by atoms with Crippen LogP contribution in [0.4, 0.5) is 11.6 Å². The second-order valence-corrected chi connectivity index (χ2v) is 6.48. The summed E-state index contributed by atoms with van der Waals surface area (Å²) in [5.74, 6) is -0.269. The van der Waals surface area contributed by atoms with Gasteiger partial charge in [0.2, 0.25) is 5.95 Å². The molecule has 13 heteroatoms. The maximum atomic E-state index is 12.0. The summed E-state index contributed by atoms with van der Waals surface area (Å²) >= 11 is 0. The summed E-state index contributed by atoms with van der Waals surface area (Å²) in [5, 5.41) is 23.2. The molecule has 29 heavy (non-hydrogen) atoms. The molecule has 3 aromatic rings. The third-order valence-corrected chi connectivity index (χ3v) is 4.75. The van der Waals surface area contributed by atoms with Crippen LogP contribution in [-0.4, -0.2) is 61.2 Å². The summed E-state index contributed by atoms with van der Waals surface area (Å²) in [6, 6.07) is -0.954. The van der Waals surface area contributed by atoms with Crippen molar-refractivity contribution in [3.63, 3.8) is 0 Å². The number of nitrogens with zero attached hydrogens (tertiary/aromatic N) is 3. The maximum absolute atomic E-state index is 12.0. The number of nitrogens with one attached hydrogen (secondary N) is 2. The lowest BCUT2D eigenvalue weighted by molar-refractivity contribution is -0.0487. The molecule has 1 unspecified atom stereocenters. The summed E-state index contributed by atoms with van der Waals surface area (Å²) in [5.41, 5.74) is 3.46. The molecule has 1 fully saturated rings. The molecule has 3 heterocycles. The Balaban J connectivity index is 1.68. The van der Waals surface area contributed by atoms with Crippen LogP contribution in [-0.2, 0) is 4.74 Å². The first-order valence-electron chi connectivity index (χ1n) is 8.76. The molecule has 0 amide bonds. The maximum Gasteiger partial charge on any atom is 0.280 e. The first kappa shape index (κ1) is 19.0. The number of hydrogen-bond donors (Lipinski definition) is 5. The van der Waals surface area contributed by atoms with E-state index in [0.717, 1.165) is 0 Å². The Labute approximate surface area is 161 Å². The Hall–Kier alpha value is -3.29. The van der Waals surface area contributed by atoms with Crippen LogP contribution in [0.15, 0.2) is 20.7 Å². The van der Waals surface area contributed by atoms with Crippen LogP contribution in [0.3, 0.4) is 0 Å². The molecular formula is C16H18N6O7. The molecule has 4 atom stereocenters. The van der Waals surface area contributed by atoms with Gasteiger partial charge in [0.05, 0.1) is 25.6 Å². The molecule has 4 rings (SSSR count). The number of aliphatic hydroxyl groups excluding tert-OH is 2. The van der Waals surface area contributed by atoms with Crippen LogP contribution >= 0.6 is 0 Å². The molecule has 0 radical (unpaired) electrons. The Morgan fingerprint density at radius 3 is 2.83 bits per heavy atom. The summed E-state index contributed by atoms with van der Waals surface area (Å²) in [6.07, 6.45) is -2.08. The van der Waals surface area contributed by atoms with Crippen molar-refractivity contribution in [3.8, 4) is 5.75 Å². The molecule has 2 aromatic heterocycles. The lowest BCUT2D eigenvalue weighted by Crippen LogP contribution is -2.45. The molecule has 1 aromatic carbocycles. The molecule has 13 nitrogen and oxygen atoms in total. The lowest BCUT2D eigenvalue weighted by Gasteiger charge is -2.23. The Kier molecular flexibility index (Phi) is 4.56. The molecule has 1 aliphatic rings. The van der Waals surface area contributed by atoms with Gasteiger partial charge < -0.3 is 30.7 Å². The van der Waals surface area contributed by atoms with Gasteiger partial charge in [0, 0.05) is 0 Å². The Morgan fingerprint density at radius 2 is 2.14 bits per heavy atom. The number of aliphatic hydroxyl groups is 2. The number of H-pyrrole nitrogens is 1. The standard InChI is InChI=1S/C16H18N6O7/c1-2-28-12-7(9(24)11(12)26)19-6-5(3-23)29-15(10(6)25)22-4-18-8-13(22)20-16(17)21-14(8)27/h4-6,10,15,19,23,25H,2-3H2,1H3,(H3,17,20,21,27)/t5-,6+,10?,15-/m1/s1. The molecule has 6 N–H and O–H groups in total. The minimum absolute atomic E-state index is 0.00642. The van der Waals surface area contributed by atoms with Gasteiger partial charge >= 0.3 is 0 Å². The predicted molar refractivity (Wildman–Crippen MR) is 99.5 cm³/mol. The van der Waals surface area contributed by atoms with E-state index < -0.39 is 47.5 Å². The van der Waals surface area contributed by atoms with Crippen LogP contribution in [0.5, 0.6) is 5.75 Å². The van der Waals surface area contributed by atoms with Gasteiger partial charge in [-0.15, -0.1) is 0 Å². The van der Waals surface area contributed by atoms with Gasteiger partial charge in [-0.05, 0) is 6.92 Å². The highest BCUT2D eigenvalue weighted by Gasteiger charge is 2.46. The van der Waals surface area contributed by atoms with E-state index in [9.17, 15) is 24.6 Å². The van der Waals surface area contributed by atoms with Crippen molar-refractivity contribution in [2.75, 3.05) is 24.3 Å². The summed E-state index contributed by atoms with van der Waals surface area (Å²) < 4.78 is 12.2. The number of anilines is 2. The number of rotatable bonds is 6. The van der Waals surface area contributed by atoms with Crippen molar-refractivity contribution >= 4 is 22.8 Å². The minimum atomic E-state index is -1.30. The first-order chi connectivity index (χ1) is 13.9. The Bertz CT molecular complexity index is 1190. The summed E-state index contributed by atoms with van der Waals surface area (Å²) in [4.78, 5) is 45.8. The van der Waals surface area contributed by atoms with Crippen LogP contribution in [0.2, 0.25) is 0 Å². The van der Waals surface area contributed by atoms with Crippen LogP contribution < -0.4 is 32.2 Å². The highest BCUT2D eigenvalue weighted by atomic mass is 16.5.